The first-order valence-electron chi connectivity index (χ1n) is 7.01. The van der Waals surface area contributed by atoms with Gasteiger partial charge in [-0.2, -0.15) is 0 Å². The molecular formula is C18H22S4. The Morgan fingerprint density at radius 3 is 0.909 bits per heavy atom. The molecule has 0 fully saturated rings. The van der Waals surface area contributed by atoms with Gasteiger partial charge in [0.15, 0.2) is 0 Å². The molecule has 0 radical (unpaired) electrons. The Bertz CT molecular complexity index is 567. The predicted octanol–water partition coefficient (Wildman–Crippen LogP) is 6.86. The van der Waals surface area contributed by atoms with Crippen molar-refractivity contribution >= 4 is 47.0 Å². The van der Waals surface area contributed by atoms with Crippen molar-refractivity contribution in [3.8, 4) is 11.1 Å². The normalized spacial score (nSPS) is 11.0. The lowest BCUT2D eigenvalue weighted by Crippen LogP contribution is -1.90. The molecule has 2 rings (SSSR count). The van der Waals surface area contributed by atoms with Crippen LogP contribution in [0.3, 0.4) is 0 Å². The molecule has 0 aliphatic rings. The summed E-state index contributed by atoms with van der Waals surface area (Å²) < 4.78 is 0. The van der Waals surface area contributed by atoms with Crippen molar-refractivity contribution in [2.75, 3.05) is 25.0 Å². The van der Waals surface area contributed by atoms with E-state index in [1.165, 1.54) is 41.8 Å². The second-order valence-corrected chi connectivity index (χ2v) is 8.40. The average Bonchev–Trinajstić information content (AvgIpc) is 2.55. The van der Waals surface area contributed by atoms with Crippen LogP contribution < -0.4 is 0 Å². The van der Waals surface area contributed by atoms with Crippen molar-refractivity contribution in [3.05, 3.63) is 35.4 Å². The molecule has 0 aliphatic heterocycles. The third-order valence-corrected chi connectivity index (χ3v) is 7.29. The van der Waals surface area contributed by atoms with Crippen molar-refractivity contribution in [1.29, 1.82) is 0 Å². The minimum atomic E-state index is 1.32. The fraction of sp³-hybridized carbons (Fsp3) is 0.333. The van der Waals surface area contributed by atoms with E-state index in [2.05, 4.69) is 63.1 Å². The fourth-order valence-electron chi connectivity index (χ4n) is 2.51. The number of hydrogen-bond acceptors (Lipinski definition) is 4. The molecule has 0 unspecified atom stereocenters. The van der Waals surface area contributed by atoms with Gasteiger partial charge in [0, 0.05) is 19.6 Å². The van der Waals surface area contributed by atoms with Gasteiger partial charge in [-0.05, 0) is 85.4 Å². The van der Waals surface area contributed by atoms with Gasteiger partial charge in [-0.15, -0.1) is 47.0 Å². The Balaban J connectivity index is 2.65. The number of hydrogen-bond donors (Lipinski definition) is 0. The van der Waals surface area contributed by atoms with Crippen molar-refractivity contribution in [2.45, 2.75) is 33.4 Å². The van der Waals surface area contributed by atoms with E-state index in [1.54, 1.807) is 0 Å². The van der Waals surface area contributed by atoms with Crippen molar-refractivity contribution in [2.24, 2.45) is 0 Å². The zero-order chi connectivity index (χ0) is 16.3. The lowest BCUT2D eigenvalue weighted by atomic mass is 10.0. The first-order chi connectivity index (χ1) is 10.5. The van der Waals surface area contributed by atoms with Crippen LogP contribution in [0.5, 0.6) is 0 Å². The summed E-state index contributed by atoms with van der Waals surface area (Å²) in [5, 5.41) is 0. The third kappa shape index (κ3) is 3.66. The van der Waals surface area contributed by atoms with Crippen LogP contribution >= 0.6 is 47.0 Å². The lowest BCUT2D eigenvalue weighted by Gasteiger charge is -2.15. The number of thioether (sulfide) groups is 4. The monoisotopic (exact) mass is 366 g/mol. The summed E-state index contributed by atoms with van der Waals surface area (Å²) >= 11 is 7.33. The molecule has 0 atom stereocenters. The van der Waals surface area contributed by atoms with E-state index in [0.29, 0.717) is 0 Å². The summed E-state index contributed by atoms with van der Waals surface area (Å²) in [5.74, 6) is 0. The van der Waals surface area contributed by atoms with Gasteiger partial charge in [0.2, 0.25) is 0 Å². The second-order valence-electron chi connectivity index (χ2n) is 5.01. The molecule has 2 aromatic rings. The molecule has 0 aliphatic carbocycles. The smallest absolute Gasteiger partial charge is 0.0116 e. The van der Waals surface area contributed by atoms with E-state index in [1.807, 2.05) is 47.0 Å². The molecule has 0 heterocycles. The molecule has 0 aromatic heterocycles. The molecule has 0 saturated heterocycles. The highest BCUT2D eigenvalue weighted by Crippen LogP contribution is 2.38. The van der Waals surface area contributed by atoms with E-state index in [4.69, 9.17) is 0 Å². The maximum Gasteiger partial charge on any atom is 0.0116 e. The average molecular weight is 367 g/mol. The van der Waals surface area contributed by atoms with Crippen LogP contribution in [0.1, 0.15) is 11.1 Å². The Kier molecular flexibility index (Phi) is 6.69. The molecule has 2 aromatic carbocycles. The Labute approximate surface area is 151 Å². The van der Waals surface area contributed by atoms with Gasteiger partial charge in [-0.3, -0.25) is 0 Å². The maximum atomic E-state index is 2.33. The summed E-state index contributed by atoms with van der Waals surface area (Å²) in [6, 6.07) is 9.33. The Morgan fingerprint density at radius 1 is 0.500 bits per heavy atom. The molecule has 0 spiro atoms. The number of rotatable bonds is 5. The van der Waals surface area contributed by atoms with Gasteiger partial charge in [0.1, 0.15) is 0 Å². The van der Waals surface area contributed by atoms with Crippen molar-refractivity contribution < 1.29 is 0 Å². The van der Waals surface area contributed by atoms with Crippen molar-refractivity contribution in [1.82, 2.24) is 0 Å². The van der Waals surface area contributed by atoms with Gasteiger partial charge in [0.25, 0.3) is 0 Å². The van der Waals surface area contributed by atoms with Gasteiger partial charge in [-0.1, -0.05) is 0 Å². The topological polar surface area (TPSA) is 0 Å². The molecule has 0 bridgehead atoms. The minimum absolute atomic E-state index is 1.32. The second kappa shape index (κ2) is 8.09. The number of benzene rings is 2. The highest BCUT2D eigenvalue weighted by atomic mass is 32.2. The van der Waals surface area contributed by atoms with Crippen LogP contribution in [0.2, 0.25) is 0 Å². The van der Waals surface area contributed by atoms with Gasteiger partial charge in [-0.25, -0.2) is 0 Å². The molecular weight excluding hydrogens is 344 g/mol. The minimum Gasteiger partial charge on any atom is -0.129 e. The molecule has 4 heteroatoms. The van der Waals surface area contributed by atoms with Gasteiger partial charge in [0.05, 0.1) is 0 Å². The van der Waals surface area contributed by atoms with E-state index < -0.39 is 0 Å². The molecule has 0 nitrogen and oxygen atoms in total. The van der Waals surface area contributed by atoms with E-state index in [0.717, 1.165) is 0 Å². The summed E-state index contributed by atoms with van der Waals surface area (Å²) in [6.07, 6.45) is 8.63. The predicted molar refractivity (Wildman–Crippen MR) is 108 cm³/mol. The van der Waals surface area contributed by atoms with Gasteiger partial charge >= 0.3 is 0 Å². The highest BCUT2D eigenvalue weighted by molar-refractivity contribution is 7.99. The SMILES string of the molecule is CSc1cc(-c2cc(SC)c(C)c(SC)c2)cc(SC)c1C. The van der Waals surface area contributed by atoms with Crippen molar-refractivity contribution in [3.63, 3.8) is 0 Å². The first kappa shape index (κ1) is 18.2. The lowest BCUT2D eigenvalue weighted by molar-refractivity contribution is 1.17. The zero-order valence-electron chi connectivity index (χ0n) is 13.9. The summed E-state index contributed by atoms with van der Waals surface area (Å²) in [5.41, 5.74) is 5.44. The molecule has 0 amide bonds. The highest BCUT2D eigenvalue weighted by Gasteiger charge is 2.11. The summed E-state index contributed by atoms with van der Waals surface area (Å²) in [6.45, 7) is 4.44. The molecule has 118 valence electrons. The summed E-state index contributed by atoms with van der Waals surface area (Å²) in [4.78, 5) is 5.50. The van der Waals surface area contributed by atoms with Crippen LogP contribution in [0, 0.1) is 13.8 Å². The maximum absolute atomic E-state index is 2.33. The first-order valence-corrected chi connectivity index (χ1v) is 11.9. The standard InChI is InChI=1S/C18H22S4/c1-11-15(19-3)7-13(8-16(11)20-4)14-9-17(21-5)12(2)18(10-14)22-6/h7-10H,1-6H3. The quantitative estimate of drug-likeness (QED) is 0.530. The zero-order valence-corrected chi connectivity index (χ0v) is 17.2. The van der Waals surface area contributed by atoms with E-state index in [9.17, 15) is 0 Å². The third-order valence-electron chi connectivity index (χ3n) is 3.84. The Hall–Kier alpha value is -0.160. The van der Waals surface area contributed by atoms with Crippen LogP contribution in [0.25, 0.3) is 11.1 Å². The Morgan fingerprint density at radius 2 is 0.727 bits per heavy atom. The van der Waals surface area contributed by atoms with Crippen LogP contribution in [0.4, 0.5) is 0 Å². The molecule has 22 heavy (non-hydrogen) atoms. The van der Waals surface area contributed by atoms with E-state index in [-0.39, 0.29) is 0 Å². The summed E-state index contributed by atoms with van der Waals surface area (Å²) in [7, 11) is 0. The molecule has 0 N–H and O–H groups in total. The van der Waals surface area contributed by atoms with Crippen LogP contribution in [-0.2, 0) is 0 Å². The molecule has 0 saturated carbocycles. The fourth-order valence-corrected chi connectivity index (χ4v) is 5.28. The van der Waals surface area contributed by atoms with E-state index >= 15 is 0 Å². The largest absolute Gasteiger partial charge is 0.129 e. The van der Waals surface area contributed by atoms with Gasteiger partial charge < -0.3 is 0 Å². The van der Waals surface area contributed by atoms with Crippen LogP contribution in [-0.4, -0.2) is 25.0 Å². The van der Waals surface area contributed by atoms with Crippen LogP contribution in [0.15, 0.2) is 43.8 Å².